The minimum Gasteiger partial charge on any atom is -0.496 e. The smallest absolute Gasteiger partial charge is 0.389 e. The number of ether oxygens (including phenoxy) is 2. The van der Waals surface area contributed by atoms with Gasteiger partial charge in [0.1, 0.15) is 17.6 Å². The molecule has 0 saturated heterocycles. The Morgan fingerprint density at radius 2 is 2.15 bits per heavy atom. The van der Waals surface area contributed by atoms with E-state index in [-0.39, 0.29) is 6.10 Å². The van der Waals surface area contributed by atoms with E-state index in [0.29, 0.717) is 17.1 Å². The number of benzene rings is 1. The second kappa shape index (κ2) is 5.52. The molecule has 20 heavy (non-hydrogen) atoms. The summed E-state index contributed by atoms with van der Waals surface area (Å²) in [6.07, 6.45) is -6.19. The highest BCUT2D eigenvalue weighted by Gasteiger charge is 2.30. The number of methoxy groups -OCH3 is 1. The molecule has 1 aromatic carbocycles. The summed E-state index contributed by atoms with van der Waals surface area (Å²) in [4.78, 5) is 0. The molecule has 0 aromatic heterocycles. The van der Waals surface area contributed by atoms with Gasteiger partial charge in [-0.15, -0.1) is 0 Å². The largest absolute Gasteiger partial charge is 0.496 e. The average Bonchev–Trinajstić information content (AvgIpc) is 2.72. The number of hydrogen-bond donors (Lipinski definition) is 1. The fraction of sp³-hybridized carbons (Fsp3) is 0.571. The summed E-state index contributed by atoms with van der Waals surface area (Å²) >= 11 is 0. The summed E-state index contributed by atoms with van der Waals surface area (Å²) in [5, 5.41) is 9.96. The van der Waals surface area contributed by atoms with Gasteiger partial charge in [0.05, 0.1) is 13.2 Å². The minimum absolute atomic E-state index is 0.0253. The fourth-order valence-electron chi connectivity index (χ4n) is 2.35. The van der Waals surface area contributed by atoms with Crippen LogP contribution < -0.4 is 9.47 Å². The topological polar surface area (TPSA) is 38.7 Å². The lowest BCUT2D eigenvalue weighted by molar-refractivity contribution is -0.140. The zero-order chi connectivity index (χ0) is 14.9. The zero-order valence-electron chi connectivity index (χ0n) is 11.3. The molecule has 112 valence electrons. The van der Waals surface area contributed by atoms with Crippen molar-refractivity contribution in [2.45, 2.75) is 44.6 Å². The number of halogens is 3. The van der Waals surface area contributed by atoms with Crippen LogP contribution in [0.5, 0.6) is 11.5 Å². The monoisotopic (exact) mass is 290 g/mol. The van der Waals surface area contributed by atoms with Gasteiger partial charge in [-0.25, -0.2) is 0 Å². The van der Waals surface area contributed by atoms with Crippen molar-refractivity contribution in [2.24, 2.45) is 0 Å². The summed E-state index contributed by atoms with van der Waals surface area (Å²) in [6.45, 7) is 1.91. The Bertz CT molecular complexity index is 485. The second-order valence-corrected chi connectivity index (χ2v) is 5.00. The predicted octanol–water partition coefficient (Wildman–Crippen LogP) is 3.39. The van der Waals surface area contributed by atoms with E-state index in [1.165, 1.54) is 7.11 Å². The number of rotatable bonds is 4. The third kappa shape index (κ3) is 3.36. The Morgan fingerprint density at radius 1 is 1.45 bits per heavy atom. The minimum atomic E-state index is -4.28. The molecule has 1 heterocycles. The van der Waals surface area contributed by atoms with Gasteiger partial charge >= 0.3 is 6.18 Å². The van der Waals surface area contributed by atoms with Crippen LogP contribution in [0.15, 0.2) is 12.1 Å². The quantitative estimate of drug-likeness (QED) is 0.923. The van der Waals surface area contributed by atoms with Crippen molar-refractivity contribution in [3.05, 3.63) is 23.3 Å². The van der Waals surface area contributed by atoms with Gasteiger partial charge in [-0.1, -0.05) is 0 Å². The number of aliphatic hydroxyl groups is 1. The van der Waals surface area contributed by atoms with Gasteiger partial charge in [-0.2, -0.15) is 13.2 Å². The van der Waals surface area contributed by atoms with Crippen molar-refractivity contribution in [3.8, 4) is 11.5 Å². The SMILES string of the molecule is COc1cc2c(cc1C(O)CCC(F)(F)F)OC(C)C2. The average molecular weight is 290 g/mol. The first kappa shape index (κ1) is 15.0. The van der Waals surface area contributed by atoms with E-state index in [1.54, 1.807) is 12.1 Å². The lowest BCUT2D eigenvalue weighted by atomic mass is 10.00. The molecular weight excluding hydrogens is 273 g/mol. The van der Waals surface area contributed by atoms with Crippen LogP contribution in [0.2, 0.25) is 0 Å². The molecule has 6 heteroatoms. The maximum Gasteiger partial charge on any atom is 0.389 e. The molecule has 0 amide bonds. The molecule has 0 radical (unpaired) electrons. The van der Waals surface area contributed by atoms with Gasteiger partial charge < -0.3 is 14.6 Å². The summed E-state index contributed by atoms with van der Waals surface area (Å²) in [7, 11) is 1.43. The molecule has 0 saturated carbocycles. The number of fused-ring (bicyclic) bond motifs is 1. The Balaban J connectivity index is 2.20. The van der Waals surface area contributed by atoms with E-state index in [9.17, 15) is 18.3 Å². The molecule has 2 atom stereocenters. The molecule has 0 fully saturated rings. The standard InChI is InChI=1S/C14H17F3O3/c1-8-5-9-6-13(19-2)10(7-12(9)20-8)11(18)3-4-14(15,16)17/h6-8,11,18H,3-5H2,1-2H3. The molecule has 0 spiro atoms. The highest BCUT2D eigenvalue weighted by atomic mass is 19.4. The Morgan fingerprint density at radius 3 is 2.75 bits per heavy atom. The normalized spacial score (nSPS) is 19.4. The van der Waals surface area contributed by atoms with E-state index in [1.807, 2.05) is 6.92 Å². The number of hydrogen-bond acceptors (Lipinski definition) is 3. The van der Waals surface area contributed by atoms with E-state index in [0.717, 1.165) is 12.0 Å². The molecular formula is C14H17F3O3. The zero-order valence-corrected chi connectivity index (χ0v) is 11.3. The highest BCUT2D eigenvalue weighted by molar-refractivity contribution is 5.49. The van der Waals surface area contributed by atoms with Crippen LogP contribution in [-0.4, -0.2) is 24.5 Å². The first-order valence-corrected chi connectivity index (χ1v) is 6.42. The summed E-state index contributed by atoms with van der Waals surface area (Å²) in [6, 6.07) is 3.31. The maximum atomic E-state index is 12.2. The maximum absolute atomic E-state index is 12.2. The van der Waals surface area contributed by atoms with Gasteiger partial charge in [0.25, 0.3) is 0 Å². The van der Waals surface area contributed by atoms with Gasteiger partial charge in [-0.05, 0) is 25.5 Å². The van der Waals surface area contributed by atoms with Crippen LogP contribution in [-0.2, 0) is 6.42 Å². The molecule has 1 aromatic rings. The number of aliphatic hydroxyl groups excluding tert-OH is 1. The second-order valence-electron chi connectivity index (χ2n) is 5.00. The van der Waals surface area contributed by atoms with Crippen LogP contribution in [0.25, 0.3) is 0 Å². The molecule has 1 aliphatic heterocycles. The van der Waals surface area contributed by atoms with Crippen LogP contribution >= 0.6 is 0 Å². The Hall–Kier alpha value is -1.43. The third-order valence-corrected chi connectivity index (χ3v) is 3.31. The van der Waals surface area contributed by atoms with E-state index < -0.39 is 25.1 Å². The summed E-state index contributed by atoms with van der Waals surface area (Å²) < 4.78 is 47.4. The van der Waals surface area contributed by atoms with Gasteiger partial charge in [0.2, 0.25) is 0 Å². The summed E-state index contributed by atoms with van der Waals surface area (Å²) in [5.41, 5.74) is 1.28. The van der Waals surface area contributed by atoms with Gasteiger partial charge in [0, 0.05) is 24.0 Å². The number of alkyl halides is 3. The van der Waals surface area contributed by atoms with Crippen LogP contribution in [0.1, 0.15) is 37.0 Å². The first-order chi connectivity index (χ1) is 9.30. The van der Waals surface area contributed by atoms with Crippen LogP contribution in [0, 0.1) is 0 Å². The molecule has 1 N–H and O–H groups in total. The molecule has 3 nitrogen and oxygen atoms in total. The molecule has 0 aliphatic carbocycles. The Kier molecular flexibility index (Phi) is 4.13. The van der Waals surface area contributed by atoms with Crippen molar-refractivity contribution < 1.29 is 27.8 Å². The van der Waals surface area contributed by atoms with E-state index in [2.05, 4.69) is 0 Å². The molecule has 2 unspecified atom stereocenters. The fourth-order valence-corrected chi connectivity index (χ4v) is 2.35. The predicted molar refractivity (Wildman–Crippen MR) is 67.0 cm³/mol. The van der Waals surface area contributed by atoms with Crippen LogP contribution in [0.4, 0.5) is 13.2 Å². The van der Waals surface area contributed by atoms with E-state index in [4.69, 9.17) is 9.47 Å². The first-order valence-electron chi connectivity index (χ1n) is 6.42. The Labute approximate surface area is 115 Å². The van der Waals surface area contributed by atoms with Crippen molar-refractivity contribution in [3.63, 3.8) is 0 Å². The van der Waals surface area contributed by atoms with Crippen molar-refractivity contribution >= 4 is 0 Å². The van der Waals surface area contributed by atoms with Crippen molar-refractivity contribution in [1.29, 1.82) is 0 Å². The lowest BCUT2D eigenvalue weighted by Crippen LogP contribution is -2.10. The summed E-state index contributed by atoms with van der Waals surface area (Å²) in [5.74, 6) is 1.01. The highest BCUT2D eigenvalue weighted by Crippen LogP contribution is 2.39. The van der Waals surface area contributed by atoms with Crippen molar-refractivity contribution in [2.75, 3.05) is 7.11 Å². The third-order valence-electron chi connectivity index (χ3n) is 3.31. The molecule has 1 aliphatic rings. The van der Waals surface area contributed by atoms with Crippen LogP contribution in [0.3, 0.4) is 0 Å². The lowest BCUT2D eigenvalue weighted by Gasteiger charge is -2.17. The molecule has 2 rings (SSSR count). The van der Waals surface area contributed by atoms with E-state index >= 15 is 0 Å². The van der Waals surface area contributed by atoms with Gasteiger partial charge in [-0.3, -0.25) is 0 Å². The molecule has 0 bridgehead atoms. The van der Waals surface area contributed by atoms with Gasteiger partial charge in [0.15, 0.2) is 0 Å². The van der Waals surface area contributed by atoms with Crippen molar-refractivity contribution in [1.82, 2.24) is 0 Å².